The third kappa shape index (κ3) is 4.62. The molecule has 0 aliphatic carbocycles. The average molecular weight is 372 g/mol. The van der Waals surface area contributed by atoms with Crippen molar-refractivity contribution in [2.24, 2.45) is 0 Å². The molecule has 4 N–H and O–H groups in total. The molecule has 3 heterocycles. The van der Waals surface area contributed by atoms with Crippen LogP contribution in [-0.2, 0) is 11.3 Å². The zero-order valence-corrected chi connectivity index (χ0v) is 15.4. The van der Waals surface area contributed by atoms with Crippen LogP contribution in [0.15, 0.2) is 35.5 Å². The fraction of sp³-hybridized carbons (Fsp3) is 0.444. The number of H-pyrrole nitrogens is 2. The summed E-state index contributed by atoms with van der Waals surface area (Å²) < 4.78 is 0. The topological polar surface area (TPSA) is 123 Å². The lowest BCUT2D eigenvalue weighted by atomic mass is 10.1. The maximum absolute atomic E-state index is 12.6. The molecule has 27 heavy (non-hydrogen) atoms. The number of likely N-dealkylation sites (tertiary alicyclic amines) is 1. The number of hydrogen-bond donors (Lipinski definition) is 4. The average Bonchev–Trinajstić information content (AvgIpc) is 3.25. The predicted molar refractivity (Wildman–Crippen MR) is 99.0 cm³/mol. The molecule has 144 valence electrons. The number of imidazole rings is 1. The summed E-state index contributed by atoms with van der Waals surface area (Å²) in [5.74, 6) is 0.236. The van der Waals surface area contributed by atoms with Crippen LogP contribution in [-0.4, -0.2) is 56.3 Å². The zero-order valence-electron chi connectivity index (χ0n) is 15.4. The quantitative estimate of drug-likeness (QED) is 0.568. The first kappa shape index (κ1) is 18.8. The minimum absolute atomic E-state index is 0.0273. The molecule has 9 nitrogen and oxygen atoms in total. The van der Waals surface area contributed by atoms with Crippen molar-refractivity contribution in [3.05, 3.63) is 52.5 Å². The van der Waals surface area contributed by atoms with Gasteiger partial charge in [-0.2, -0.15) is 0 Å². The molecule has 2 atom stereocenters. The van der Waals surface area contributed by atoms with Gasteiger partial charge in [0.2, 0.25) is 5.91 Å². The SMILES string of the molecule is CC(C)NC(=O)[C@@H]1C[C@@H](NC(=O)c2ccc[nH]c2=O)CN1Cc1ncc[nH]1. The Morgan fingerprint density at radius 1 is 1.33 bits per heavy atom. The fourth-order valence-corrected chi connectivity index (χ4v) is 3.28. The summed E-state index contributed by atoms with van der Waals surface area (Å²) in [4.78, 5) is 48.6. The lowest BCUT2D eigenvalue weighted by Gasteiger charge is -2.23. The molecule has 0 radical (unpaired) electrons. The second-order valence-electron chi connectivity index (χ2n) is 6.96. The van der Waals surface area contributed by atoms with Gasteiger partial charge in [-0.25, -0.2) is 4.98 Å². The molecule has 0 saturated carbocycles. The molecule has 1 aliphatic rings. The van der Waals surface area contributed by atoms with E-state index in [-0.39, 0.29) is 29.6 Å². The van der Waals surface area contributed by atoms with E-state index < -0.39 is 11.5 Å². The van der Waals surface area contributed by atoms with Crippen LogP contribution in [0.1, 0.15) is 36.5 Å². The summed E-state index contributed by atoms with van der Waals surface area (Å²) in [6, 6.07) is 2.49. The highest BCUT2D eigenvalue weighted by Crippen LogP contribution is 2.20. The van der Waals surface area contributed by atoms with Crippen molar-refractivity contribution in [1.82, 2.24) is 30.5 Å². The number of aromatic amines is 2. The summed E-state index contributed by atoms with van der Waals surface area (Å²) in [7, 11) is 0. The number of carbonyl (C=O) groups excluding carboxylic acids is 2. The van der Waals surface area contributed by atoms with Crippen molar-refractivity contribution in [1.29, 1.82) is 0 Å². The Morgan fingerprint density at radius 2 is 2.15 bits per heavy atom. The molecule has 3 rings (SSSR count). The molecule has 9 heteroatoms. The van der Waals surface area contributed by atoms with Crippen LogP contribution in [0.25, 0.3) is 0 Å². The second-order valence-corrected chi connectivity index (χ2v) is 6.96. The van der Waals surface area contributed by atoms with E-state index in [0.29, 0.717) is 19.5 Å². The van der Waals surface area contributed by atoms with Crippen LogP contribution in [0.4, 0.5) is 0 Å². The third-order valence-corrected chi connectivity index (χ3v) is 4.44. The fourth-order valence-electron chi connectivity index (χ4n) is 3.28. The minimum atomic E-state index is -0.440. The van der Waals surface area contributed by atoms with Crippen molar-refractivity contribution < 1.29 is 9.59 Å². The third-order valence-electron chi connectivity index (χ3n) is 4.44. The lowest BCUT2D eigenvalue weighted by molar-refractivity contribution is -0.126. The minimum Gasteiger partial charge on any atom is -0.353 e. The first-order valence-corrected chi connectivity index (χ1v) is 8.95. The first-order chi connectivity index (χ1) is 12.9. The predicted octanol–water partition coefficient (Wildman–Crippen LogP) is -0.00450. The molecule has 0 bridgehead atoms. The Hall–Kier alpha value is -2.94. The molecular weight excluding hydrogens is 348 g/mol. The van der Waals surface area contributed by atoms with E-state index in [1.165, 1.54) is 12.3 Å². The van der Waals surface area contributed by atoms with Gasteiger partial charge in [-0.3, -0.25) is 19.3 Å². The van der Waals surface area contributed by atoms with Gasteiger partial charge in [0.15, 0.2) is 0 Å². The summed E-state index contributed by atoms with van der Waals surface area (Å²) in [6.45, 7) is 4.78. The Kier molecular flexibility index (Phi) is 5.70. The molecular formula is C18H24N6O3. The van der Waals surface area contributed by atoms with E-state index >= 15 is 0 Å². The summed E-state index contributed by atoms with van der Waals surface area (Å²) in [5, 5.41) is 5.80. The number of carbonyl (C=O) groups is 2. The number of hydrogen-bond acceptors (Lipinski definition) is 5. The van der Waals surface area contributed by atoms with Crippen LogP contribution < -0.4 is 16.2 Å². The summed E-state index contributed by atoms with van der Waals surface area (Å²) in [5.41, 5.74) is -0.375. The van der Waals surface area contributed by atoms with Crippen LogP contribution in [0.3, 0.4) is 0 Å². The molecule has 1 aliphatic heterocycles. The molecule has 2 aromatic heterocycles. The number of rotatable bonds is 6. The van der Waals surface area contributed by atoms with Gasteiger partial charge in [0.05, 0.1) is 12.6 Å². The maximum atomic E-state index is 12.6. The molecule has 1 saturated heterocycles. The van der Waals surface area contributed by atoms with E-state index in [9.17, 15) is 14.4 Å². The van der Waals surface area contributed by atoms with Gasteiger partial charge in [-0.15, -0.1) is 0 Å². The van der Waals surface area contributed by atoms with Gasteiger partial charge in [-0.05, 0) is 32.4 Å². The van der Waals surface area contributed by atoms with Crippen molar-refractivity contribution in [2.75, 3.05) is 6.54 Å². The number of pyridine rings is 1. The standard InChI is InChI=1S/C18H24N6O3/c1-11(2)22-18(27)14-8-12(9-24(14)10-15-19-6-7-20-15)23-17(26)13-4-3-5-21-16(13)25/h3-7,11-12,14H,8-10H2,1-2H3,(H,19,20)(H,21,25)(H,22,27)(H,23,26)/t12-,14+/m1/s1. The number of aromatic nitrogens is 3. The maximum Gasteiger partial charge on any atom is 0.260 e. The Morgan fingerprint density at radius 3 is 2.81 bits per heavy atom. The number of nitrogens with one attached hydrogen (secondary N) is 4. The normalized spacial score (nSPS) is 20.0. The highest BCUT2D eigenvalue weighted by atomic mass is 16.2. The Balaban J connectivity index is 1.71. The summed E-state index contributed by atoms with van der Waals surface area (Å²) in [6.07, 6.45) is 5.34. The Bertz CT molecular complexity index is 845. The van der Waals surface area contributed by atoms with Gasteiger partial charge in [-0.1, -0.05) is 0 Å². The molecule has 0 aromatic carbocycles. The molecule has 2 amide bonds. The van der Waals surface area contributed by atoms with Crippen LogP contribution in [0.2, 0.25) is 0 Å². The molecule has 2 aromatic rings. The van der Waals surface area contributed by atoms with E-state index in [1.54, 1.807) is 18.5 Å². The monoisotopic (exact) mass is 372 g/mol. The van der Waals surface area contributed by atoms with Crippen LogP contribution in [0.5, 0.6) is 0 Å². The molecule has 0 unspecified atom stereocenters. The van der Waals surface area contributed by atoms with E-state index in [2.05, 4.69) is 25.6 Å². The van der Waals surface area contributed by atoms with Gasteiger partial charge < -0.3 is 20.6 Å². The highest BCUT2D eigenvalue weighted by Gasteiger charge is 2.38. The van der Waals surface area contributed by atoms with Gasteiger partial charge in [0.25, 0.3) is 11.5 Å². The second kappa shape index (κ2) is 8.17. The van der Waals surface area contributed by atoms with E-state index in [4.69, 9.17) is 0 Å². The Labute approximate surface area is 156 Å². The van der Waals surface area contributed by atoms with E-state index in [1.807, 2.05) is 18.7 Å². The number of amides is 2. The van der Waals surface area contributed by atoms with Crippen molar-refractivity contribution in [3.8, 4) is 0 Å². The molecule has 1 fully saturated rings. The number of nitrogens with zero attached hydrogens (tertiary/aromatic N) is 2. The summed E-state index contributed by atoms with van der Waals surface area (Å²) >= 11 is 0. The van der Waals surface area contributed by atoms with Crippen molar-refractivity contribution >= 4 is 11.8 Å². The van der Waals surface area contributed by atoms with Gasteiger partial charge in [0, 0.05) is 37.2 Å². The first-order valence-electron chi connectivity index (χ1n) is 8.95. The van der Waals surface area contributed by atoms with Crippen LogP contribution in [0, 0.1) is 0 Å². The van der Waals surface area contributed by atoms with Gasteiger partial charge in [0.1, 0.15) is 11.4 Å². The highest BCUT2D eigenvalue weighted by molar-refractivity contribution is 5.94. The van der Waals surface area contributed by atoms with E-state index in [0.717, 1.165) is 5.82 Å². The van der Waals surface area contributed by atoms with Gasteiger partial charge >= 0.3 is 0 Å². The van der Waals surface area contributed by atoms with Crippen molar-refractivity contribution in [2.45, 2.75) is 44.9 Å². The largest absolute Gasteiger partial charge is 0.353 e. The lowest BCUT2D eigenvalue weighted by Crippen LogP contribution is -2.45. The molecule has 0 spiro atoms. The smallest absolute Gasteiger partial charge is 0.260 e. The zero-order chi connectivity index (χ0) is 19.4. The van der Waals surface area contributed by atoms with Crippen molar-refractivity contribution in [3.63, 3.8) is 0 Å². The van der Waals surface area contributed by atoms with Crippen LogP contribution >= 0.6 is 0 Å².